The van der Waals surface area contributed by atoms with Crippen molar-refractivity contribution in [1.82, 2.24) is 19.7 Å². The molecule has 0 aliphatic rings. The number of benzene rings is 1. The summed E-state index contributed by atoms with van der Waals surface area (Å²) in [6.07, 6.45) is 5.20. The summed E-state index contributed by atoms with van der Waals surface area (Å²) in [4.78, 5) is 21.6. The number of halogens is 1. The van der Waals surface area contributed by atoms with Crippen LogP contribution in [0.4, 0.5) is 4.39 Å². The van der Waals surface area contributed by atoms with Gasteiger partial charge in [0, 0.05) is 50.0 Å². The van der Waals surface area contributed by atoms with Crippen LogP contribution in [0.3, 0.4) is 0 Å². The second-order valence-corrected chi connectivity index (χ2v) is 8.40. The number of pyridine rings is 1. The molecule has 1 atom stereocenters. The van der Waals surface area contributed by atoms with E-state index in [1.54, 1.807) is 54.1 Å². The normalized spacial score (nSPS) is 12.3. The van der Waals surface area contributed by atoms with E-state index < -0.39 is 11.9 Å². The average molecular weight is 466 g/mol. The van der Waals surface area contributed by atoms with Gasteiger partial charge in [0.15, 0.2) is 5.76 Å². The van der Waals surface area contributed by atoms with Crippen molar-refractivity contribution >= 4 is 0 Å². The molecule has 7 nitrogen and oxygen atoms in total. The van der Waals surface area contributed by atoms with Gasteiger partial charge in [-0.3, -0.25) is 9.78 Å². The van der Waals surface area contributed by atoms with Crippen LogP contribution < -0.4 is 11.3 Å². The Morgan fingerprint density at radius 3 is 2.65 bits per heavy atom. The van der Waals surface area contributed by atoms with Crippen LogP contribution in [0.25, 0.3) is 34.0 Å². The van der Waals surface area contributed by atoms with Crippen molar-refractivity contribution in [3.8, 4) is 34.0 Å². The van der Waals surface area contributed by atoms with Crippen LogP contribution in [0.1, 0.15) is 59.8 Å². The second kappa shape index (κ2) is 9.69. The van der Waals surface area contributed by atoms with E-state index in [9.17, 15) is 9.18 Å². The fourth-order valence-corrected chi connectivity index (χ4v) is 4.06. The van der Waals surface area contributed by atoms with Gasteiger partial charge in [0.1, 0.15) is 17.2 Å². The molecule has 4 aromatic rings. The van der Waals surface area contributed by atoms with Crippen molar-refractivity contribution in [3.05, 3.63) is 76.2 Å². The first-order chi connectivity index (χ1) is 16.3. The molecule has 1 unspecified atom stereocenters. The molecule has 0 spiro atoms. The van der Waals surface area contributed by atoms with Crippen molar-refractivity contribution in [2.75, 3.05) is 0 Å². The van der Waals surface area contributed by atoms with Gasteiger partial charge in [-0.25, -0.2) is 9.37 Å². The van der Waals surface area contributed by atoms with Gasteiger partial charge in [-0.2, -0.15) is 0 Å². The highest BCUT2D eigenvalue weighted by atomic mass is 19.1. The maximum Gasteiger partial charge on any atom is 0.250 e. The predicted molar refractivity (Wildman–Crippen MR) is 134 cm³/mol. The summed E-state index contributed by atoms with van der Waals surface area (Å²) < 4.78 is 22.3. The van der Waals surface area contributed by atoms with Crippen LogP contribution in [-0.4, -0.2) is 19.7 Å². The quantitative estimate of drug-likeness (QED) is 0.362. The van der Waals surface area contributed by atoms with Gasteiger partial charge in [-0.1, -0.05) is 31.1 Å². The van der Waals surface area contributed by atoms with Crippen molar-refractivity contribution < 1.29 is 11.8 Å². The molecule has 180 valence electrons. The zero-order valence-electron chi connectivity index (χ0n) is 19.7. The molecule has 2 N–H and O–H groups in total. The van der Waals surface area contributed by atoms with Crippen molar-refractivity contribution in [2.45, 2.75) is 52.6 Å². The zero-order valence-corrected chi connectivity index (χ0v) is 19.7. The zero-order chi connectivity index (χ0) is 24.4. The summed E-state index contributed by atoms with van der Waals surface area (Å²) in [5, 5.41) is 4.07. The number of nitrogens with zero attached hydrogens (tertiary/aromatic N) is 4. The third-order valence-electron chi connectivity index (χ3n) is 6.06. The van der Waals surface area contributed by atoms with Crippen LogP contribution in [0.5, 0.6) is 0 Å². The first-order valence-electron chi connectivity index (χ1n) is 11.4. The van der Waals surface area contributed by atoms with Crippen LogP contribution in [-0.2, 0) is 0 Å². The molecule has 3 heterocycles. The summed E-state index contributed by atoms with van der Waals surface area (Å²) in [7, 11) is 0. The number of aromatic nitrogens is 4. The highest BCUT2D eigenvalue weighted by Crippen LogP contribution is 2.31. The van der Waals surface area contributed by atoms with E-state index in [0.29, 0.717) is 39.7 Å². The van der Waals surface area contributed by atoms with Crippen LogP contribution >= 0.6 is 0 Å². The van der Waals surface area contributed by atoms with E-state index in [2.05, 4.69) is 24.0 Å². The molecule has 0 radical (unpaired) electrons. The molecule has 0 bridgehead atoms. The monoisotopic (exact) mass is 465 g/mol. The number of hydrogen-bond acceptors (Lipinski definition) is 6. The lowest BCUT2D eigenvalue weighted by Crippen LogP contribution is -2.23. The minimum Gasteiger partial charge on any atom is -0.354 e. The minimum atomic E-state index is -0.445. The van der Waals surface area contributed by atoms with Gasteiger partial charge < -0.3 is 14.8 Å². The second-order valence-electron chi connectivity index (χ2n) is 8.40. The Hall–Kier alpha value is -3.65. The highest BCUT2D eigenvalue weighted by molar-refractivity contribution is 5.69. The predicted octanol–water partition coefficient (Wildman–Crippen LogP) is 5.95. The minimum absolute atomic E-state index is 0. The number of rotatable bonds is 7. The molecule has 0 fully saturated rings. The summed E-state index contributed by atoms with van der Waals surface area (Å²) >= 11 is 0. The van der Waals surface area contributed by atoms with E-state index >= 15 is 0 Å². The smallest absolute Gasteiger partial charge is 0.250 e. The largest absolute Gasteiger partial charge is 0.354 e. The van der Waals surface area contributed by atoms with Gasteiger partial charge in [0.05, 0.1) is 17.6 Å². The number of nitrogens with two attached hydrogens (primary N) is 1. The molecule has 0 aliphatic heterocycles. The van der Waals surface area contributed by atoms with Crippen LogP contribution in [0.2, 0.25) is 0 Å². The molecular formula is C26H32FN5O2. The third kappa shape index (κ3) is 4.41. The Bertz CT molecular complexity index is 1380. The SMILES string of the molecule is CCC(CC)n1cc(-c2cnc(C)c(-c3cc(-c4cccc(C(C)N)c4F)no3)n2)ccc1=O.[HH].[HH]. The molecule has 3 aromatic heterocycles. The van der Waals surface area contributed by atoms with E-state index in [0.717, 1.165) is 18.4 Å². The van der Waals surface area contributed by atoms with E-state index in [-0.39, 0.29) is 14.5 Å². The summed E-state index contributed by atoms with van der Waals surface area (Å²) in [6, 6.07) is 9.65. The Labute approximate surface area is 200 Å². The van der Waals surface area contributed by atoms with Gasteiger partial charge in [-0.05, 0) is 38.8 Å². The van der Waals surface area contributed by atoms with Gasteiger partial charge >= 0.3 is 0 Å². The first-order valence-corrected chi connectivity index (χ1v) is 11.4. The maximum absolute atomic E-state index is 15.0. The Morgan fingerprint density at radius 2 is 1.94 bits per heavy atom. The molecule has 0 aliphatic carbocycles. The fourth-order valence-electron chi connectivity index (χ4n) is 4.06. The molecule has 4 rings (SSSR count). The summed E-state index contributed by atoms with van der Waals surface area (Å²) in [5.41, 5.74) is 9.42. The topological polar surface area (TPSA) is 99.8 Å². The Kier molecular flexibility index (Phi) is 6.70. The van der Waals surface area contributed by atoms with E-state index in [4.69, 9.17) is 15.2 Å². The number of aryl methyl sites for hydroxylation is 1. The molecule has 1 aromatic carbocycles. The molecule has 0 saturated carbocycles. The fraction of sp³-hybridized carbons (Fsp3) is 0.308. The third-order valence-corrected chi connectivity index (χ3v) is 6.06. The lowest BCUT2D eigenvalue weighted by Gasteiger charge is -2.17. The van der Waals surface area contributed by atoms with Crippen molar-refractivity contribution in [3.63, 3.8) is 0 Å². The van der Waals surface area contributed by atoms with Gasteiger partial charge in [0.25, 0.3) is 5.56 Å². The van der Waals surface area contributed by atoms with Gasteiger partial charge in [-0.15, -0.1) is 0 Å². The van der Waals surface area contributed by atoms with Crippen LogP contribution in [0, 0.1) is 12.7 Å². The van der Waals surface area contributed by atoms with Crippen molar-refractivity contribution in [1.29, 1.82) is 0 Å². The Morgan fingerprint density at radius 1 is 1.18 bits per heavy atom. The van der Waals surface area contributed by atoms with E-state index in [1.807, 2.05) is 13.1 Å². The van der Waals surface area contributed by atoms with E-state index in [1.165, 1.54) is 0 Å². The average Bonchev–Trinajstić information content (AvgIpc) is 3.31. The maximum atomic E-state index is 15.0. The lowest BCUT2D eigenvalue weighted by molar-refractivity contribution is 0.432. The van der Waals surface area contributed by atoms with Crippen LogP contribution in [0.15, 0.2) is 58.1 Å². The van der Waals surface area contributed by atoms with Gasteiger partial charge in [0.2, 0.25) is 0 Å². The Balaban J connectivity index is 0.00000228. The molecule has 0 saturated heterocycles. The lowest BCUT2D eigenvalue weighted by atomic mass is 10.0. The summed E-state index contributed by atoms with van der Waals surface area (Å²) in [6.45, 7) is 7.67. The standard InChI is InChI=1S/C26H28FN5O2.2H2/c1-5-18(6-2)32-14-17(10-11-24(32)33)22-13-29-16(4)26(30-22)23-12-21(31-34-23)20-9-7-8-19(15(3)28)25(20)27;;/h7-15,18H,5-6,28H2,1-4H3;2*1H. The summed E-state index contributed by atoms with van der Waals surface area (Å²) in [5.74, 6) is -0.0432. The highest BCUT2D eigenvalue weighted by Gasteiger charge is 2.19. The molecule has 0 amide bonds. The van der Waals surface area contributed by atoms with Crippen molar-refractivity contribution in [2.24, 2.45) is 5.73 Å². The molecule has 8 heteroatoms. The molecular weight excluding hydrogens is 433 g/mol. The number of hydrogen-bond donors (Lipinski definition) is 1. The first kappa shape index (κ1) is 23.5. The molecule has 34 heavy (non-hydrogen) atoms.